The normalized spacial score (nSPS) is 16.4. The van der Waals surface area contributed by atoms with Gasteiger partial charge in [0.15, 0.2) is 5.82 Å². The quantitative estimate of drug-likeness (QED) is 0.593. The Bertz CT molecular complexity index is 704. The average Bonchev–Trinajstić information content (AvgIpc) is 3.14. The number of nitrogens with one attached hydrogen (secondary N) is 4. The fourth-order valence-corrected chi connectivity index (χ4v) is 2.83. The number of fused-ring (bicyclic) bond motifs is 1. The summed E-state index contributed by atoms with van der Waals surface area (Å²) < 4.78 is 0. The van der Waals surface area contributed by atoms with Gasteiger partial charge in [-0.05, 0) is 38.1 Å². The Morgan fingerprint density at radius 2 is 2.00 bits per heavy atom. The highest BCUT2D eigenvalue weighted by atomic mass is 15.2. The van der Waals surface area contributed by atoms with Crippen molar-refractivity contribution in [3.63, 3.8) is 0 Å². The predicted molar refractivity (Wildman–Crippen MR) is 83.2 cm³/mol. The molecule has 0 spiro atoms. The van der Waals surface area contributed by atoms with Crippen LogP contribution < -0.4 is 10.6 Å². The Kier molecular flexibility index (Phi) is 3.08. The Hall–Kier alpha value is -2.34. The first-order valence-corrected chi connectivity index (χ1v) is 7.36. The van der Waals surface area contributed by atoms with Crippen molar-refractivity contribution in [1.82, 2.24) is 25.5 Å². The van der Waals surface area contributed by atoms with Crippen LogP contribution >= 0.6 is 0 Å². The zero-order chi connectivity index (χ0) is 14.1. The zero-order valence-corrected chi connectivity index (χ0v) is 11.7. The summed E-state index contributed by atoms with van der Waals surface area (Å²) in [4.78, 5) is 7.97. The molecule has 4 N–H and O–H groups in total. The topological polar surface area (TPSA) is 81.4 Å². The first kappa shape index (κ1) is 12.4. The van der Waals surface area contributed by atoms with Crippen LogP contribution in [0.3, 0.4) is 0 Å². The molecule has 0 radical (unpaired) electrons. The number of aromatic amines is 2. The summed E-state index contributed by atoms with van der Waals surface area (Å²) in [5.41, 5.74) is 3.94. The van der Waals surface area contributed by atoms with E-state index < -0.39 is 0 Å². The van der Waals surface area contributed by atoms with Crippen molar-refractivity contribution in [2.75, 3.05) is 18.4 Å². The van der Waals surface area contributed by atoms with Gasteiger partial charge in [0.1, 0.15) is 5.69 Å². The van der Waals surface area contributed by atoms with Gasteiger partial charge < -0.3 is 15.6 Å². The summed E-state index contributed by atoms with van der Waals surface area (Å²) in [6.07, 6.45) is 4.10. The molecule has 4 rings (SSSR count). The molecule has 0 saturated carbocycles. The number of hydrogen-bond donors (Lipinski definition) is 4. The van der Waals surface area contributed by atoms with Gasteiger partial charge in [0.2, 0.25) is 0 Å². The third-order valence-electron chi connectivity index (χ3n) is 3.96. The molecule has 1 saturated heterocycles. The molecular formula is C15H18N6. The van der Waals surface area contributed by atoms with Crippen LogP contribution in [0.1, 0.15) is 12.8 Å². The molecule has 0 aliphatic carbocycles. The van der Waals surface area contributed by atoms with Crippen LogP contribution in [-0.4, -0.2) is 39.3 Å². The summed E-state index contributed by atoms with van der Waals surface area (Å²) in [5.74, 6) is 0.824. The molecule has 1 aliphatic rings. The molecule has 0 atom stereocenters. The number of hydrogen-bond acceptors (Lipinski definition) is 4. The number of anilines is 1. The highest BCUT2D eigenvalue weighted by Gasteiger charge is 2.17. The first-order chi connectivity index (χ1) is 10.4. The number of aromatic nitrogens is 4. The van der Waals surface area contributed by atoms with E-state index >= 15 is 0 Å². The van der Waals surface area contributed by atoms with Gasteiger partial charge in [0.05, 0.1) is 22.9 Å². The number of H-pyrrole nitrogens is 2. The van der Waals surface area contributed by atoms with E-state index in [9.17, 15) is 0 Å². The van der Waals surface area contributed by atoms with Gasteiger partial charge in [-0.15, -0.1) is 0 Å². The zero-order valence-electron chi connectivity index (χ0n) is 11.7. The van der Waals surface area contributed by atoms with Crippen LogP contribution in [0, 0.1) is 0 Å². The lowest BCUT2D eigenvalue weighted by molar-refractivity contribution is 0.479. The lowest BCUT2D eigenvalue weighted by Gasteiger charge is -2.24. The van der Waals surface area contributed by atoms with Gasteiger partial charge in [-0.1, -0.05) is 12.1 Å². The number of para-hydroxylation sites is 2. The molecule has 0 unspecified atom stereocenters. The summed E-state index contributed by atoms with van der Waals surface area (Å²) in [6, 6.07) is 8.53. The van der Waals surface area contributed by atoms with Crippen LogP contribution in [0.2, 0.25) is 0 Å². The monoisotopic (exact) mass is 282 g/mol. The molecule has 108 valence electrons. The second-order valence-electron chi connectivity index (χ2n) is 5.43. The summed E-state index contributed by atoms with van der Waals surface area (Å²) in [5, 5.41) is 14.2. The van der Waals surface area contributed by atoms with Gasteiger partial charge >= 0.3 is 0 Å². The highest BCUT2D eigenvalue weighted by molar-refractivity contribution is 5.81. The van der Waals surface area contributed by atoms with Gasteiger partial charge in [0, 0.05) is 6.04 Å². The molecule has 1 fully saturated rings. The van der Waals surface area contributed by atoms with Crippen LogP contribution in [0.5, 0.6) is 0 Å². The van der Waals surface area contributed by atoms with Gasteiger partial charge in [-0.2, -0.15) is 5.10 Å². The third-order valence-corrected chi connectivity index (χ3v) is 3.96. The van der Waals surface area contributed by atoms with E-state index in [4.69, 9.17) is 0 Å². The molecule has 2 aromatic heterocycles. The summed E-state index contributed by atoms with van der Waals surface area (Å²) >= 11 is 0. The molecule has 1 aliphatic heterocycles. The number of nitrogens with zero attached hydrogens (tertiary/aromatic N) is 2. The van der Waals surface area contributed by atoms with E-state index in [0.29, 0.717) is 6.04 Å². The molecule has 0 bridgehead atoms. The average molecular weight is 282 g/mol. The Labute approximate surface area is 122 Å². The molecule has 1 aromatic carbocycles. The largest absolute Gasteiger partial charge is 0.379 e. The van der Waals surface area contributed by atoms with Crippen LogP contribution in [0.25, 0.3) is 22.6 Å². The van der Waals surface area contributed by atoms with E-state index in [0.717, 1.165) is 54.2 Å². The van der Waals surface area contributed by atoms with E-state index in [1.54, 1.807) is 0 Å². The second-order valence-corrected chi connectivity index (χ2v) is 5.43. The molecule has 21 heavy (non-hydrogen) atoms. The number of rotatable bonds is 3. The highest BCUT2D eigenvalue weighted by Crippen LogP contribution is 2.26. The molecule has 0 amide bonds. The summed E-state index contributed by atoms with van der Waals surface area (Å²) in [6.45, 7) is 2.13. The number of imidazole rings is 1. The summed E-state index contributed by atoms with van der Waals surface area (Å²) in [7, 11) is 0. The van der Waals surface area contributed by atoms with Crippen molar-refractivity contribution in [3.8, 4) is 11.5 Å². The van der Waals surface area contributed by atoms with E-state index in [1.165, 1.54) is 0 Å². The smallest absolute Gasteiger partial charge is 0.158 e. The van der Waals surface area contributed by atoms with Gasteiger partial charge in [-0.3, -0.25) is 5.10 Å². The van der Waals surface area contributed by atoms with E-state index in [-0.39, 0.29) is 0 Å². The van der Waals surface area contributed by atoms with Crippen LogP contribution in [0.15, 0.2) is 30.5 Å². The van der Waals surface area contributed by atoms with Crippen LogP contribution in [0.4, 0.5) is 5.69 Å². The Balaban J connectivity index is 1.64. The standard InChI is InChI=1S/C15H18N6/c1-2-4-12-11(3-1)19-15(20-12)14-13(9-17-21-14)18-10-5-7-16-8-6-10/h1-4,9-10,16,18H,5-8H2,(H,17,21)(H,19,20). The molecule has 6 heteroatoms. The Morgan fingerprint density at radius 1 is 1.14 bits per heavy atom. The number of piperidine rings is 1. The fourth-order valence-electron chi connectivity index (χ4n) is 2.83. The minimum atomic E-state index is 0.493. The second kappa shape index (κ2) is 5.21. The fraction of sp³-hybridized carbons (Fsp3) is 0.333. The van der Waals surface area contributed by atoms with Crippen molar-refractivity contribution >= 4 is 16.7 Å². The van der Waals surface area contributed by atoms with Crippen molar-refractivity contribution in [2.24, 2.45) is 0 Å². The van der Waals surface area contributed by atoms with Crippen LogP contribution in [-0.2, 0) is 0 Å². The first-order valence-electron chi connectivity index (χ1n) is 7.36. The van der Waals surface area contributed by atoms with Gasteiger partial charge in [-0.25, -0.2) is 4.98 Å². The maximum atomic E-state index is 4.63. The van der Waals surface area contributed by atoms with Crippen molar-refractivity contribution in [3.05, 3.63) is 30.5 Å². The molecular weight excluding hydrogens is 264 g/mol. The predicted octanol–water partition coefficient (Wildman–Crippen LogP) is 2.12. The minimum Gasteiger partial charge on any atom is -0.379 e. The van der Waals surface area contributed by atoms with Crippen molar-refractivity contribution in [2.45, 2.75) is 18.9 Å². The molecule has 3 aromatic rings. The van der Waals surface area contributed by atoms with Crippen molar-refractivity contribution in [1.29, 1.82) is 0 Å². The number of benzene rings is 1. The maximum absolute atomic E-state index is 4.63. The SMILES string of the molecule is c1ccc2[nH]c(-c3[nH]ncc3NC3CCNCC3)nc2c1. The van der Waals surface area contributed by atoms with E-state index in [1.807, 2.05) is 30.5 Å². The lowest BCUT2D eigenvalue weighted by atomic mass is 10.1. The van der Waals surface area contributed by atoms with Crippen molar-refractivity contribution < 1.29 is 0 Å². The van der Waals surface area contributed by atoms with E-state index in [2.05, 4.69) is 30.8 Å². The molecule has 6 nitrogen and oxygen atoms in total. The Morgan fingerprint density at radius 3 is 2.86 bits per heavy atom. The lowest BCUT2D eigenvalue weighted by Crippen LogP contribution is -2.35. The minimum absolute atomic E-state index is 0.493. The third kappa shape index (κ3) is 2.38. The maximum Gasteiger partial charge on any atom is 0.158 e. The molecule has 3 heterocycles. The van der Waals surface area contributed by atoms with Gasteiger partial charge in [0.25, 0.3) is 0 Å².